The lowest BCUT2D eigenvalue weighted by molar-refractivity contribution is -0.138. The molecule has 82 valence electrons. The van der Waals surface area contributed by atoms with Crippen LogP contribution in [0.2, 0.25) is 0 Å². The van der Waals surface area contributed by atoms with Crippen molar-refractivity contribution in [1.29, 1.82) is 0 Å². The first-order valence-corrected chi connectivity index (χ1v) is 5.10. The Morgan fingerprint density at radius 3 is 2.69 bits per heavy atom. The van der Waals surface area contributed by atoms with Gasteiger partial charge in [-0.05, 0) is 12.1 Å². The monoisotopic (exact) mass is 217 g/mol. The van der Waals surface area contributed by atoms with Gasteiger partial charge in [-0.1, -0.05) is 25.1 Å². The number of ketones is 1. The summed E-state index contributed by atoms with van der Waals surface area (Å²) in [7, 11) is 0. The lowest BCUT2D eigenvalue weighted by Crippen LogP contribution is -2.24. The molecule has 4 nitrogen and oxygen atoms in total. The minimum Gasteiger partial charge on any atom is -0.405 e. The molecule has 0 spiro atoms. The number of benzene rings is 1. The molecule has 2 rings (SSSR count). The lowest BCUT2D eigenvalue weighted by atomic mass is 10.1. The van der Waals surface area contributed by atoms with E-state index >= 15 is 0 Å². The average Bonchev–Trinajstić information content (AvgIpc) is 2.71. The Balaban J connectivity index is 2.27. The molecule has 1 heterocycles. The molecule has 0 radical (unpaired) electrons. The third kappa shape index (κ3) is 1.86. The Hall–Kier alpha value is -1.97. The van der Waals surface area contributed by atoms with Gasteiger partial charge >= 0.3 is 5.97 Å². The first-order chi connectivity index (χ1) is 7.72. The number of hydrogen-bond acceptors (Lipinski definition) is 4. The van der Waals surface area contributed by atoms with Gasteiger partial charge in [0.15, 0.2) is 5.78 Å². The van der Waals surface area contributed by atoms with E-state index in [-0.39, 0.29) is 18.1 Å². The molecule has 1 aliphatic rings. The van der Waals surface area contributed by atoms with E-state index in [2.05, 4.69) is 4.99 Å². The molecule has 1 unspecified atom stereocenters. The first kappa shape index (κ1) is 10.5. The van der Waals surface area contributed by atoms with E-state index in [1.807, 2.05) is 18.2 Å². The van der Waals surface area contributed by atoms with E-state index < -0.39 is 12.0 Å². The second-order valence-corrected chi connectivity index (χ2v) is 3.44. The molecule has 0 saturated carbocycles. The second-order valence-electron chi connectivity index (χ2n) is 3.44. The molecule has 1 aromatic rings. The molecule has 0 bridgehead atoms. The Bertz CT molecular complexity index is 451. The number of Topliss-reactive ketones (excluding diaryl/α,β-unsaturated/α-hetero) is 1. The van der Waals surface area contributed by atoms with Crippen LogP contribution in [0.4, 0.5) is 0 Å². The quantitative estimate of drug-likeness (QED) is 0.567. The summed E-state index contributed by atoms with van der Waals surface area (Å²) >= 11 is 0. The van der Waals surface area contributed by atoms with Gasteiger partial charge in [0.1, 0.15) is 0 Å². The maximum atomic E-state index is 11.4. The molecule has 0 N–H and O–H groups in total. The van der Waals surface area contributed by atoms with Crippen molar-refractivity contribution in [2.24, 2.45) is 4.99 Å². The van der Waals surface area contributed by atoms with Crippen molar-refractivity contribution >= 4 is 17.7 Å². The largest absolute Gasteiger partial charge is 0.405 e. The number of nitrogens with zero attached hydrogens (tertiary/aromatic N) is 1. The minimum atomic E-state index is -0.972. The maximum Gasteiger partial charge on any atom is 0.345 e. The summed E-state index contributed by atoms with van der Waals surface area (Å²) in [6, 6.07) is 8.09. The Kier molecular flexibility index (Phi) is 2.81. The van der Waals surface area contributed by atoms with Gasteiger partial charge < -0.3 is 4.74 Å². The summed E-state index contributed by atoms with van der Waals surface area (Å²) in [5.41, 5.74) is 0.710. The molecule has 1 atom stereocenters. The number of carbonyl (C=O) groups excluding carboxylic acids is 2. The van der Waals surface area contributed by atoms with E-state index in [0.29, 0.717) is 5.56 Å². The number of rotatable bonds is 3. The Labute approximate surface area is 92.9 Å². The fraction of sp³-hybridized carbons (Fsp3) is 0.250. The standard InChI is InChI=1S/C12H11NO3/c1-2-9(14)10-12(15)16-11(13-10)8-6-4-3-5-7-8/h3-7,10H,2H2,1H3. The molecule has 0 saturated heterocycles. The smallest absolute Gasteiger partial charge is 0.345 e. The van der Waals surface area contributed by atoms with Crippen LogP contribution in [0.5, 0.6) is 0 Å². The van der Waals surface area contributed by atoms with Crippen molar-refractivity contribution in [3.05, 3.63) is 35.9 Å². The van der Waals surface area contributed by atoms with Crippen LogP contribution in [-0.2, 0) is 14.3 Å². The van der Waals surface area contributed by atoms with Crippen molar-refractivity contribution in [1.82, 2.24) is 0 Å². The van der Waals surface area contributed by atoms with Crippen LogP contribution in [0, 0.1) is 0 Å². The van der Waals surface area contributed by atoms with Gasteiger partial charge in [-0.3, -0.25) is 4.79 Å². The van der Waals surface area contributed by atoms with Crippen LogP contribution in [0.1, 0.15) is 18.9 Å². The van der Waals surface area contributed by atoms with Gasteiger partial charge in [0, 0.05) is 12.0 Å². The highest BCUT2D eigenvalue weighted by Gasteiger charge is 2.34. The van der Waals surface area contributed by atoms with Crippen molar-refractivity contribution in [3.63, 3.8) is 0 Å². The molecular weight excluding hydrogens is 206 g/mol. The third-order valence-electron chi connectivity index (χ3n) is 2.34. The van der Waals surface area contributed by atoms with E-state index in [1.165, 1.54) is 0 Å². The van der Waals surface area contributed by atoms with Gasteiger partial charge in [0.05, 0.1) is 0 Å². The topological polar surface area (TPSA) is 55.7 Å². The van der Waals surface area contributed by atoms with Gasteiger partial charge in [-0.25, -0.2) is 9.79 Å². The van der Waals surface area contributed by atoms with Crippen LogP contribution in [-0.4, -0.2) is 23.7 Å². The maximum absolute atomic E-state index is 11.4. The number of esters is 1. The third-order valence-corrected chi connectivity index (χ3v) is 2.34. The minimum absolute atomic E-state index is 0.212. The summed E-state index contributed by atoms with van der Waals surface area (Å²) in [6.45, 7) is 1.70. The summed E-state index contributed by atoms with van der Waals surface area (Å²) in [5, 5.41) is 0. The average molecular weight is 217 g/mol. The summed E-state index contributed by atoms with van der Waals surface area (Å²) in [4.78, 5) is 26.8. The Morgan fingerprint density at radius 2 is 2.06 bits per heavy atom. The molecule has 0 aromatic heterocycles. The van der Waals surface area contributed by atoms with Crippen LogP contribution in [0.15, 0.2) is 35.3 Å². The molecule has 1 aliphatic heterocycles. The molecule has 16 heavy (non-hydrogen) atoms. The summed E-state index contributed by atoms with van der Waals surface area (Å²) in [5.74, 6) is -0.556. The second kappa shape index (κ2) is 4.26. The number of carbonyl (C=O) groups is 2. The first-order valence-electron chi connectivity index (χ1n) is 5.10. The van der Waals surface area contributed by atoms with Crippen molar-refractivity contribution in [3.8, 4) is 0 Å². The summed E-state index contributed by atoms with van der Waals surface area (Å²) < 4.78 is 4.97. The lowest BCUT2D eigenvalue weighted by Gasteiger charge is -1.98. The SMILES string of the molecule is CCC(=O)C1N=C(c2ccccc2)OC1=O. The normalized spacial score (nSPS) is 19.2. The number of aliphatic imine (C=N–C) groups is 1. The van der Waals surface area contributed by atoms with Gasteiger partial charge in [-0.2, -0.15) is 0 Å². The molecular formula is C12H11NO3. The predicted molar refractivity (Wildman–Crippen MR) is 58.2 cm³/mol. The van der Waals surface area contributed by atoms with E-state index in [0.717, 1.165) is 0 Å². The fourth-order valence-corrected chi connectivity index (χ4v) is 1.46. The highest BCUT2D eigenvalue weighted by atomic mass is 16.6. The summed E-state index contributed by atoms with van der Waals surface area (Å²) in [6.07, 6.45) is 0.283. The zero-order valence-corrected chi connectivity index (χ0v) is 8.84. The highest BCUT2D eigenvalue weighted by molar-refractivity contribution is 6.15. The molecule has 0 amide bonds. The Morgan fingerprint density at radius 1 is 1.38 bits per heavy atom. The van der Waals surface area contributed by atoms with Gasteiger partial charge in [0.25, 0.3) is 0 Å². The van der Waals surface area contributed by atoms with E-state index in [1.54, 1.807) is 19.1 Å². The molecule has 4 heteroatoms. The molecule has 0 aliphatic carbocycles. The van der Waals surface area contributed by atoms with Crippen molar-refractivity contribution in [2.45, 2.75) is 19.4 Å². The van der Waals surface area contributed by atoms with Crippen LogP contribution in [0.3, 0.4) is 0 Å². The van der Waals surface area contributed by atoms with E-state index in [4.69, 9.17) is 4.74 Å². The predicted octanol–water partition coefficient (Wildman–Crippen LogP) is 1.34. The van der Waals surface area contributed by atoms with Crippen molar-refractivity contribution in [2.75, 3.05) is 0 Å². The molecule has 1 aromatic carbocycles. The zero-order valence-electron chi connectivity index (χ0n) is 8.84. The van der Waals surface area contributed by atoms with Gasteiger partial charge in [-0.15, -0.1) is 0 Å². The number of hydrogen-bond donors (Lipinski definition) is 0. The van der Waals surface area contributed by atoms with Crippen LogP contribution >= 0.6 is 0 Å². The number of cyclic esters (lactones) is 1. The molecule has 0 fully saturated rings. The number of ether oxygens (including phenoxy) is 1. The fourth-order valence-electron chi connectivity index (χ4n) is 1.46. The van der Waals surface area contributed by atoms with Crippen molar-refractivity contribution < 1.29 is 14.3 Å². The van der Waals surface area contributed by atoms with Crippen LogP contribution < -0.4 is 0 Å². The van der Waals surface area contributed by atoms with Crippen LogP contribution in [0.25, 0.3) is 0 Å². The highest BCUT2D eigenvalue weighted by Crippen LogP contribution is 2.14. The zero-order chi connectivity index (χ0) is 11.5. The van der Waals surface area contributed by atoms with E-state index in [9.17, 15) is 9.59 Å². The van der Waals surface area contributed by atoms with Gasteiger partial charge in [0.2, 0.25) is 11.9 Å².